The molecule has 9 nitrogen and oxygen atoms in total. The number of hydrogen-bond acceptors (Lipinski definition) is 6. The van der Waals surface area contributed by atoms with E-state index in [2.05, 4.69) is 15.6 Å². The van der Waals surface area contributed by atoms with E-state index in [0.29, 0.717) is 32.0 Å². The number of benzene rings is 2. The van der Waals surface area contributed by atoms with E-state index >= 15 is 0 Å². The number of carboxylic acids is 1. The van der Waals surface area contributed by atoms with E-state index in [1.165, 1.54) is 12.1 Å². The van der Waals surface area contributed by atoms with Crippen LogP contribution >= 0.6 is 23.2 Å². The predicted octanol–water partition coefficient (Wildman–Crippen LogP) is 3.43. The molecule has 198 valence electrons. The molecule has 0 saturated heterocycles. The summed E-state index contributed by atoms with van der Waals surface area (Å²) in [4.78, 5) is 42.0. The van der Waals surface area contributed by atoms with Crippen molar-refractivity contribution in [1.82, 2.24) is 15.5 Å². The minimum Gasteiger partial charge on any atom is -0.494 e. The van der Waals surface area contributed by atoms with Gasteiger partial charge in [0, 0.05) is 26.4 Å². The number of unbranched alkanes of at least 4 members (excludes halogenated alkanes) is 1. The van der Waals surface area contributed by atoms with Crippen molar-refractivity contribution in [3.05, 3.63) is 63.6 Å². The molecule has 2 aromatic rings. The number of amidine groups is 1. The first kappa shape index (κ1) is 28.3. The number of carbonyl (C=O) groups excluding carboxylic acids is 2. The molecule has 37 heavy (non-hydrogen) atoms. The summed E-state index contributed by atoms with van der Waals surface area (Å²) in [6, 6.07) is 10.6. The Hall–Kier alpha value is -3.30. The van der Waals surface area contributed by atoms with Crippen molar-refractivity contribution in [1.29, 1.82) is 0 Å². The van der Waals surface area contributed by atoms with Gasteiger partial charge in [0.05, 0.1) is 35.3 Å². The van der Waals surface area contributed by atoms with Crippen molar-refractivity contribution in [3.8, 4) is 5.75 Å². The number of aliphatic carboxylic acids is 1. The van der Waals surface area contributed by atoms with Gasteiger partial charge in [-0.05, 0) is 42.7 Å². The Morgan fingerprint density at radius 3 is 2.46 bits per heavy atom. The van der Waals surface area contributed by atoms with E-state index in [9.17, 15) is 19.5 Å². The van der Waals surface area contributed by atoms with Gasteiger partial charge in [0.1, 0.15) is 17.6 Å². The number of amides is 2. The number of nitrogens with one attached hydrogen (secondary N) is 2. The largest absolute Gasteiger partial charge is 0.494 e. The SMILES string of the molecule is CC(=O)N1CCN=C(NCCCCOc2ccc(CC(NC(=O)c3c(Cl)cccc3Cl)C(=O)O)cc2)C1. The van der Waals surface area contributed by atoms with Gasteiger partial charge in [-0.15, -0.1) is 0 Å². The molecule has 1 aliphatic heterocycles. The molecule has 1 unspecified atom stereocenters. The van der Waals surface area contributed by atoms with Crippen LogP contribution in [0.15, 0.2) is 47.5 Å². The Morgan fingerprint density at radius 1 is 1.11 bits per heavy atom. The Kier molecular flexibility index (Phi) is 10.6. The van der Waals surface area contributed by atoms with Gasteiger partial charge < -0.3 is 25.4 Å². The number of carbonyl (C=O) groups is 3. The van der Waals surface area contributed by atoms with Crippen LogP contribution < -0.4 is 15.4 Å². The Bertz CT molecular complexity index is 1120. The Balaban J connectivity index is 1.41. The molecular weight excluding hydrogens is 519 g/mol. The summed E-state index contributed by atoms with van der Waals surface area (Å²) in [5, 5.41) is 15.7. The Labute approximate surface area is 225 Å². The third kappa shape index (κ3) is 8.65. The molecule has 0 bridgehead atoms. The molecule has 3 rings (SSSR count). The summed E-state index contributed by atoms with van der Waals surface area (Å²) in [6.45, 7) is 4.65. The topological polar surface area (TPSA) is 120 Å². The minimum absolute atomic E-state index is 0.0424. The van der Waals surface area contributed by atoms with Crippen molar-refractivity contribution in [2.75, 3.05) is 32.8 Å². The lowest BCUT2D eigenvalue weighted by atomic mass is 10.1. The zero-order valence-corrected chi connectivity index (χ0v) is 22.0. The molecule has 0 aliphatic carbocycles. The van der Waals surface area contributed by atoms with Gasteiger partial charge in [-0.3, -0.25) is 14.6 Å². The number of rotatable bonds is 11. The summed E-state index contributed by atoms with van der Waals surface area (Å²) >= 11 is 12.1. The molecule has 0 spiro atoms. The molecule has 2 amide bonds. The van der Waals surface area contributed by atoms with E-state index in [4.69, 9.17) is 27.9 Å². The quantitative estimate of drug-likeness (QED) is 0.370. The lowest BCUT2D eigenvalue weighted by molar-refractivity contribution is -0.139. The van der Waals surface area contributed by atoms with Crippen LogP contribution in [-0.2, 0) is 16.0 Å². The third-order valence-electron chi connectivity index (χ3n) is 5.78. The van der Waals surface area contributed by atoms with Gasteiger partial charge >= 0.3 is 5.97 Å². The zero-order valence-electron chi connectivity index (χ0n) is 20.5. The van der Waals surface area contributed by atoms with Gasteiger partial charge in [0.25, 0.3) is 5.91 Å². The van der Waals surface area contributed by atoms with Crippen LogP contribution in [0, 0.1) is 0 Å². The molecule has 1 heterocycles. The lowest BCUT2D eigenvalue weighted by Crippen LogP contribution is -2.44. The highest BCUT2D eigenvalue weighted by Gasteiger charge is 2.24. The first-order valence-corrected chi connectivity index (χ1v) is 12.7. The highest BCUT2D eigenvalue weighted by molar-refractivity contribution is 6.39. The van der Waals surface area contributed by atoms with E-state index in [0.717, 1.165) is 30.8 Å². The van der Waals surface area contributed by atoms with Crippen molar-refractivity contribution < 1.29 is 24.2 Å². The molecule has 0 aromatic heterocycles. The average molecular weight is 549 g/mol. The molecule has 0 saturated carbocycles. The fourth-order valence-electron chi connectivity index (χ4n) is 3.75. The van der Waals surface area contributed by atoms with Crippen LogP contribution in [0.25, 0.3) is 0 Å². The normalized spacial score (nSPS) is 13.9. The maximum Gasteiger partial charge on any atom is 0.326 e. The Morgan fingerprint density at radius 2 is 1.81 bits per heavy atom. The first-order chi connectivity index (χ1) is 17.7. The van der Waals surface area contributed by atoms with Crippen LogP contribution in [0.2, 0.25) is 10.0 Å². The molecule has 0 radical (unpaired) electrons. The second kappa shape index (κ2) is 13.9. The van der Waals surface area contributed by atoms with Crippen molar-refractivity contribution >= 4 is 46.8 Å². The van der Waals surface area contributed by atoms with E-state index in [1.807, 2.05) is 0 Å². The van der Waals surface area contributed by atoms with Crippen LogP contribution in [0.3, 0.4) is 0 Å². The van der Waals surface area contributed by atoms with Gasteiger partial charge in [-0.1, -0.05) is 41.4 Å². The van der Waals surface area contributed by atoms with Gasteiger partial charge in [-0.2, -0.15) is 0 Å². The fourth-order valence-corrected chi connectivity index (χ4v) is 4.32. The number of ether oxygens (including phenoxy) is 1. The number of carboxylic acid groups (broad SMARTS) is 1. The monoisotopic (exact) mass is 548 g/mol. The van der Waals surface area contributed by atoms with Crippen molar-refractivity contribution in [2.45, 2.75) is 32.2 Å². The zero-order chi connectivity index (χ0) is 26.8. The summed E-state index contributed by atoms with van der Waals surface area (Å²) in [6.07, 6.45) is 1.79. The highest BCUT2D eigenvalue weighted by Crippen LogP contribution is 2.24. The molecule has 2 aromatic carbocycles. The molecule has 1 atom stereocenters. The van der Waals surface area contributed by atoms with Crippen LogP contribution in [-0.4, -0.2) is 72.5 Å². The molecule has 1 aliphatic rings. The first-order valence-electron chi connectivity index (χ1n) is 12.0. The summed E-state index contributed by atoms with van der Waals surface area (Å²) in [5.74, 6) is -0.255. The summed E-state index contributed by atoms with van der Waals surface area (Å²) in [7, 11) is 0. The second-order valence-corrected chi connectivity index (χ2v) is 9.37. The van der Waals surface area contributed by atoms with Crippen LogP contribution in [0.1, 0.15) is 35.7 Å². The lowest BCUT2D eigenvalue weighted by Gasteiger charge is -2.25. The predicted molar refractivity (Wildman–Crippen MR) is 143 cm³/mol. The number of halogens is 2. The van der Waals surface area contributed by atoms with Gasteiger partial charge in [0.2, 0.25) is 5.91 Å². The number of hydrogen-bond donors (Lipinski definition) is 3. The van der Waals surface area contributed by atoms with Crippen molar-refractivity contribution in [3.63, 3.8) is 0 Å². The third-order valence-corrected chi connectivity index (χ3v) is 6.41. The smallest absolute Gasteiger partial charge is 0.326 e. The van der Waals surface area contributed by atoms with Crippen molar-refractivity contribution in [2.24, 2.45) is 4.99 Å². The van der Waals surface area contributed by atoms with Gasteiger partial charge in [-0.25, -0.2) is 4.79 Å². The van der Waals surface area contributed by atoms with E-state index in [-0.39, 0.29) is 27.9 Å². The average Bonchev–Trinajstić information content (AvgIpc) is 2.86. The molecule has 11 heteroatoms. The molecule has 0 fully saturated rings. The molecular formula is C26H30Cl2N4O5. The standard InChI is InChI=1S/C26H30Cl2N4O5/c1-17(33)32-13-12-30-23(16-32)29-11-2-3-14-37-19-9-7-18(8-10-19)15-22(26(35)36)31-25(34)24-20(27)5-4-6-21(24)28/h4-10,22H,2-3,11-16H2,1H3,(H,29,30)(H,31,34)(H,35,36). The maximum absolute atomic E-state index is 12.6. The van der Waals surface area contributed by atoms with Crippen LogP contribution in [0.4, 0.5) is 0 Å². The summed E-state index contributed by atoms with van der Waals surface area (Å²) in [5.41, 5.74) is 0.767. The highest BCUT2D eigenvalue weighted by atomic mass is 35.5. The fraction of sp³-hybridized carbons (Fsp3) is 0.385. The molecule has 3 N–H and O–H groups in total. The van der Waals surface area contributed by atoms with E-state index < -0.39 is 17.9 Å². The maximum atomic E-state index is 12.6. The second-order valence-electron chi connectivity index (χ2n) is 8.56. The minimum atomic E-state index is -1.17. The number of nitrogens with zero attached hydrogens (tertiary/aromatic N) is 2. The number of aliphatic imine (C=N–C) groups is 1. The van der Waals surface area contributed by atoms with Gasteiger partial charge in [0.15, 0.2) is 0 Å². The summed E-state index contributed by atoms with van der Waals surface area (Å²) < 4.78 is 5.78. The van der Waals surface area contributed by atoms with Crippen LogP contribution in [0.5, 0.6) is 5.75 Å². The van der Waals surface area contributed by atoms with E-state index in [1.54, 1.807) is 42.2 Å².